The van der Waals surface area contributed by atoms with Gasteiger partial charge in [0, 0.05) is 11.1 Å². The third kappa shape index (κ3) is 2.81. The first-order chi connectivity index (χ1) is 9.36. The van der Waals surface area contributed by atoms with Gasteiger partial charge in [0.15, 0.2) is 0 Å². The van der Waals surface area contributed by atoms with Crippen molar-refractivity contribution in [3.63, 3.8) is 0 Å². The molecule has 1 rings (SSSR count). The fourth-order valence-electron chi connectivity index (χ4n) is 1.92. The minimum atomic E-state index is -6.16. The van der Waals surface area contributed by atoms with Crippen molar-refractivity contribution in [2.24, 2.45) is 5.16 Å². The highest BCUT2D eigenvalue weighted by Crippen LogP contribution is 2.53. The summed E-state index contributed by atoms with van der Waals surface area (Å²) in [7, 11) is 0. The Hall–Kier alpha value is -1.80. The van der Waals surface area contributed by atoms with Gasteiger partial charge in [-0.25, -0.2) is 4.39 Å². The number of rotatable bonds is 2. The van der Waals surface area contributed by atoms with E-state index in [-0.39, 0.29) is 16.7 Å². The summed E-state index contributed by atoms with van der Waals surface area (Å²) in [4.78, 5) is 0. The summed E-state index contributed by atoms with van der Waals surface area (Å²) >= 11 is 0. The van der Waals surface area contributed by atoms with Crippen LogP contribution in [-0.4, -0.2) is 23.8 Å². The third-order valence-electron chi connectivity index (χ3n) is 2.96. The monoisotopic (exact) mass is 317 g/mol. The van der Waals surface area contributed by atoms with Crippen molar-refractivity contribution < 1.29 is 35.9 Å². The van der Waals surface area contributed by atoms with Crippen LogP contribution in [0, 0.1) is 13.8 Å². The molecule has 0 spiro atoms. The quantitative estimate of drug-likeness (QED) is 0.373. The largest absolute Gasteiger partial charge is 0.435 e. The number of oxime groups is 1. The van der Waals surface area contributed by atoms with Crippen LogP contribution in [0.5, 0.6) is 0 Å². The molecule has 0 aromatic heterocycles. The van der Waals surface area contributed by atoms with E-state index in [1.807, 2.05) is 0 Å². The van der Waals surface area contributed by atoms with Gasteiger partial charge in [-0.15, -0.1) is 0 Å². The lowest BCUT2D eigenvalue weighted by Crippen LogP contribution is -2.50. The van der Waals surface area contributed by atoms with Crippen LogP contribution in [0.2, 0.25) is 0 Å². The van der Waals surface area contributed by atoms with Crippen LogP contribution in [-0.2, 0) is 5.67 Å². The fourth-order valence-corrected chi connectivity index (χ4v) is 1.92. The maximum atomic E-state index is 13.9. The van der Waals surface area contributed by atoms with Crippen LogP contribution >= 0.6 is 0 Å². The predicted octanol–water partition coefficient (Wildman–Crippen LogP) is 4.40. The number of nitrogens with zero attached hydrogens (tertiary/aromatic N) is 1. The van der Waals surface area contributed by atoms with Gasteiger partial charge in [0.2, 0.25) is 0 Å². The molecule has 0 fully saturated rings. The Morgan fingerprint density at radius 2 is 1.29 bits per heavy atom. The molecule has 2 nitrogen and oxygen atoms in total. The second kappa shape index (κ2) is 5.19. The normalized spacial score (nSPS) is 14.0. The molecular weight excluding hydrogens is 307 g/mol. The summed E-state index contributed by atoms with van der Waals surface area (Å²) in [6, 6.07) is 0.871. The van der Waals surface area contributed by atoms with Crippen molar-refractivity contribution in [2.45, 2.75) is 31.9 Å². The lowest BCUT2D eigenvalue weighted by Gasteiger charge is -2.31. The molecule has 0 unspecified atom stereocenters. The molecule has 0 aliphatic carbocycles. The highest BCUT2D eigenvalue weighted by molar-refractivity contribution is 5.83. The van der Waals surface area contributed by atoms with Gasteiger partial charge in [0.25, 0.3) is 0 Å². The van der Waals surface area contributed by atoms with Crippen LogP contribution < -0.4 is 0 Å². The van der Waals surface area contributed by atoms with Gasteiger partial charge in [0.05, 0.1) is 6.21 Å². The standard InChI is InChI=1S/C12H10F7NO/c1-6-3-8(4-7(2)9(6)5-20-21)10(13,11(14,15)16)12(17,18)19/h3-5,21H,1-2H3. The van der Waals surface area contributed by atoms with Gasteiger partial charge in [-0.2, -0.15) is 26.3 Å². The van der Waals surface area contributed by atoms with Gasteiger partial charge >= 0.3 is 18.0 Å². The van der Waals surface area contributed by atoms with Crippen molar-refractivity contribution in [2.75, 3.05) is 0 Å². The molecule has 1 aromatic carbocycles. The maximum absolute atomic E-state index is 13.9. The molecule has 0 radical (unpaired) electrons. The first kappa shape index (κ1) is 17.3. The van der Waals surface area contributed by atoms with Crippen molar-refractivity contribution in [1.82, 2.24) is 0 Å². The molecular formula is C12H10F7NO. The lowest BCUT2D eigenvalue weighted by molar-refractivity contribution is -0.348. The second-order valence-electron chi connectivity index (χ2n) is 4.42. The van der Waals surface area contributed by atoms with E-state index in [1.54, 1.807) is 0 Å². The van der Waals surface area contributed by atoms with Gasteiger partial charge in [-0.05, 0) is 25.0 Å². The van der Waals surface area contributed by atoms with Crippen LogP contribution in [0.15, 0.2) is 17.3 Å². The second-order valence-corrected chi connectivity index (χ2v) is 4.42. The first-order valence-electron chi connectivity index (χ1n) is 5.47. The van der Waals surface area contributed by atoms with E-state index in [0.29, 0.717) is 12.1 Å². The van der Waals surface area contributed by atoms with E-state index in [2.05, 4.69) is 5.16 Å². The lowest BCUT2D eigenvalue weighted by atomic mass is 9.89. The van der Waals surface area contributed by atoms with Crippen LogP contribution in [0.25, 0.3) is 0 Å². The fraction of sp³-hybridized carbons (Fsp3) is 0.417. The third-order valence-corrected chi connectivity index (χ3v) is 2.96. The number of aryl methyl sites for hydroxylation is 2. The van der Waals surface area contributed by atoms with Crippen molar-refractivity contribution in [1.29, 1.82) is 0 Å². The molecule has 0 bridgehead atoms. The zero-order chi connectivity index (χ0) is 16.6. The van der Waals surface area contributed by atoms with Crippen LogP contribution in [0.4, 0.5) is 30.7 Å². The minimum Gasteiger partial charge on any atom is -0.411 e. The van der Waals surface area contributed by atoms with Crippen molar-refractivity contribution in [3.8, 4) is 0 Å². The number of hydrogen-bond acceptors (Lipinski definition) is 2. The van der Waals surface area contributed by atoms with E-state index in [0.717, 1.165) is 6.21 Å². The molecule has 0 aliphatic heterocycles. The SMILES string of the molecule is Cc1cc(C(F)(C(F)(F)F)C(F)(F)F)cc(C)c1C=NO. The molecule has 0 saturated carbocycles. The maximum Gasteiger partial charge on any atom is 0.435 e. The molecule has 9 heteroatoms. The van der Waals surface area contributed by atoms with E-state index in [4.69, 9.17) is 5.21 Å². The average Bonchev–Trinajstić information content (AvgIpc) is 2.29. The topological polar surface area (TPSA) is 32.6 Å². The van der Waals surface area contributed by atoms with Crippen LogP contribution in [0.1, 0.15) is 22.3 Å². The molecule has 0 saturated heterocycles. The van der Waals surface area contributed by atoms with Crippen LogP contribution in [0.3, 0.4) is 0 Å². The number of benzene rings is 1. The number of hydrogen-bond donors (Lipinski definition) is 1. The summed E-state index contributed by atoms with van der Waals surface area (Å²) < 4.78 is 89.7. The van der Waals surface area contributed by atoms with Crippen molar-refractivity contribution >= 4 is 6.21 Å². The first-order valence-corrected chi connectivity index (χ1v) is 5.47. The molecule has 0 aliphatic rings. The van der Waals surface area contributed by atoms with E-state index in [1.165, 1.54) is 13.8 Å². The molecule has 1 aromatic rings. The molecule has 118 valence electrons. The summed E-state index contributed by atoms with van der Waals surface area (Å²) in [5, 5.41) is 11.0. The smallest absolute Gasteiger partial charge is 0.411 e. The summed E-state index contributed by atoms with van der Waals surface area (Å²) in [5.74, 6) is 0. The predicted molar refractivity (Wildman–Crippen MR) is 60.2 cm³/mol. The van der Waals surface area contributed by atoms with E-state index in [9.17, 15) is 30.7 Å². The average molecular weight is 317 g/mol. The highest BCUT2D eigenvalue weighted by atomic mass is 19.4. The number of halogens is 7. The molecule has 0 amide bonds. The zero-order valence-corrected chi connectivity index (χ0v) is 10.8. The Morgan fingerprint density at radius 3 is 1.57 bits per heavy atom. The molecule has 1 N–H and O–H groups in total. The summed E-state index contributed by atoms with van der Waals surface area (Å²) in [6.45, 7) is 2.36. The minimum absolute atomic E-state index is 0.0849. The Balaban J connectivity index is 3.64. The number of alkyl halides is 7. The van der Waals surface area contributed by atoms with Gasteiger partial charge in [-0.1, -0.05) is 17.3 Å². The van der Waals surface area contributed by atoms with Gasteiger partial charge in [0.1, 0.15) is 0 Å². The summed E-state index contributed by atoms with van der Waals surface area (Å²) in [5.41, 5.74) is -7.10. The van der Waals surface area contributed by atoms with E-state index < -0.39 is 23.6 Å². The van der Waals surface area contributed by atoms with Crippen molar-refractivity contribution in [3.05, 3.63) is 34.4 Å². The Morgan fingerprint density at radius 1 is 0.905 bits per heavy atom. The zero-order valence-electron chi connectivity index (χ0n) is 10.8. The summed E-state index contributed by atoms with van der Waals surface area (Å²) in [6.07, 6.45) is -11.5. The molecule has 21 heavy (non-hydrogen) atoms. The Bertz CT molecular complexity index is 523. The van der Waals surface area contributed by atoms with Gasteiger partial charge < -0.3 is 5.21 Å². The molecule has 0 atom stereocenters. The van der Waals surface area contributed by atoms with E-state index >= 15 is 0 Å². The van der Waals surface area contributed by atoms with Gasteiger partial charge in [-0.3, -0.25) is 0 Å². The molecule has 0 heterocycles. The Kier molecular flexibility index (Phi) is 4.27. The Labute approximate surface area is 114 Å². The highest BCUT2D eigenvalue weighted by Gasteiger charge is 2.73.